The molecule has 1 heterocycles. The van der Waals surface area contributed by atoms with Gasteiger partial charge in [-0.1, -0.05) is 24.3 Å². The van der Waals surface area contributed by atoms with Gasteiger partial charge in [-0.05, 0) is 55.3 Å². The Morgan fingerprint density at radius 1 is 1.22 bits per heavy atom. The smallest absolute Gasteiger partial charge is 0.0233 e. The molecule has 1 saturated heterocycles. The molecular formula is C15H23ClN2. The summed E-state index contributed by atoms with van der Waals surface area (Å²) in [4.78, 5) is 2.55. The molecule has 0 bridgehead atoms. The fraction of sp³-hybridized carbons (Fsp3) is 0.600. The molecule has 0 spiro atoms. The van der Waals surface area contributed by atoms with Crippen molar-refractivity contribution in [2.24, 2.45) is 11.7 Å². The van der Waals surface area contributed by atoms with Gasteiger partial charge in [0.15, 0.2) is 0 Å². The molecule has 2 fully saturated rings. The van der Waals surface area contributed by atoms with Crippen LogP contribution >= 0.6 is 12.4 Å². The van der Waals surface area contributed by atoms with E-state index in [0.717, 1.165) is 24.9 Å². The first-order valence-electron chi connectivity index (χ1n) is 6.86. The van der Waals surface area contributed by atoms with E-state index in [-0.39, 0.29) is 12.4 Å². The fourth-order valence-corrected chi connectivity index (χ4v) is 2.87. The van der Waals surface area contributed by atoms with E-state index in [2.05, 4.69) is 29.2 Å². The highest BCUT2D eigenvalue weighted by Gasteiger charge is 2.24. The van der Waals surface area contributed by atoms with Gasteiger partial charge in [0.1, 0.15) is 0 Å². The molecule has 1 aromatic rings. The average Bonchev–Trinajstić information content (AvgIpc) is 3.11. The first-order valence-corrected chi connectivity index (χ1v) is 6.86. The Bertz CT molecular complexity index is 390. The maximum atomic E-state index is 5.73. The summed E-state index contributed by atoms with van der Waals surface area (Å²) in [5.74, 6) is 1.59. The van der Waals surface area contributed by atoms with E-state index < -0.39 is 0 Å². The Morgan fingerprint density at radius 3 is 2.72 bits per heavy atom. The van der Waals surface area contributed by atoms with Crippen molar-refractivity contribution < 1.29 is 0 Å². The van der Waals surface area contributed by atoms with Crippen LogP contribution in [0.3, 0.4) is 0 Å². The van der Waals surface area contributed by atoms with Crippen LogP contribution < -0.4 is 5.73 Å². The van der Waals surface area contributed by atoms with Crippen molar-refractivity contribution in [1.82, 2.24) is 4.90 Å². The molecule has 3 rings (SSSR count). The molecule has 1 saturated carbocycles. The van der Waals surface area contributed by atoms with Crippen molar-refractivity contribution in [3.05, 3.63) is 35.4 Å². The molecule has 1 aliphatic carbocycles. The van der Waals surface area contributed by atoms with Gasteiger partial charge in [0.25, 0.3) is 0 Å². The zero-order valence-corrected chi connectivity index (χ0v) is 11.7. The molecule has 1 unspecified atom stereocenters. The number of nitrogens with two attached hydrogens (primary N) is 1. The predicted molar refractivity (Wildman–Crippen MR) is 78.1 cm³/mol. The second-order valence-corrected chi connectivity index (χ2v) is 5.64. The third-order valence-electron chi connectivity index (χ3n) is 4.11. The van der Waals surface area contributed by atoms with Gasteiger partial charge in [0.05, 0.1) is 0 Å². The lowest BCUT2D eigenvalue weighted by molar-refractivity contribution is 0.318. The van der Waals surface area contributed by atoms with Crippen LogP contribution in [-0.2, 0) is 6.54 Å². The zero-order valence-electron chi connectivity index (χ0n) is 10.8. The van der Waals surface area contributed by atoms with Gasteiger partial charge in [-0.15, -0.1) is 12.4 Å². The van der Waals surface area contributed by atoms with E-state index in [9.17, 15) is 0 Å². The quantitative estimate of drug-likeness (QED) is 0.908. The van der Waals surface area contributed by atoms with Crippen LogP contribution in [0.5, 0.6) is 0 Å². The molecule has 2 N–H and O–H groups in total. The lowest BCUT2D eigenvalue weighted by Crippen LogP contribution is -2.22. The Kier molecular flexibility index (Phi) is 4.66. The third-order valence-corrected chi connectivity index (χ3v) is 4.11. The van der Waals surface area contributed by atoms with E-state index in [1.807, 2.05) is 0 Å². The molecule has 100 valence electrons. The number of rotatable bonds is 4. The van der Waals surface area contributed by atoms with Crippen molar-refractivity contribution in [3.63, 3.8) is 0 Å². The number of likely N-dealkylation sites (tertiary alicyclic amines) is 1. The molecular weight excluding hydrogens is 244 g/mol. The Hall–Kier alpha value is -0.570. The van der Waals surface area contributed by atoms with Crippen LogP contribution in [0.25, 0.3) is 0 Å². The molecule has 1 aromatic carbocycles. The summed E-state index contributed by atoms with van der Waals surface area (Å²) < 4.78 is 0. The van der Waals surface area contributed by atoms with Gasteiger partial charge in [0, 0.05) is 13.1 Å². The minimum Gasteiger partial charge on any atom is -0.330 e. The molecule has 1 aliphatic heterocycles. The number of benzene rings is 1. The SMILES string of the molecule is Cl.NCC1CCN(Cc2cccc(C3CC3)c2)C1. The minimum absolute atomic E-state index is 0. The predicted octanol–water partition coefficient (Wildman–Crippen LogP) is 2.77. The molecule has 0 amide bonds. The van der Waals surface area contributed by atoms with Crippen LogP contribution in [0.1, 0.15) is 36.3 Å². The standard InChI is InChI=1S/C15H22N2.ClH/c16-9-13-6-7-17(11-13)10-12-2-1-3-15(8-12)14-4-5-14;/h1-3,8,13-14H,4-7,9-11,16H2;1H. The van der Waals surface area contributed by atoms with Crippen LogP contribution in [-0.4, -0.2) is 24.5 Å². The maximum Gasteiger partial charge on any atom is 0.0233 e. The number of halogens is 1. The highest BCUT2D eigenvalue weighted by Crippen LogP contribution is 2.40. The van der Waals surface area contributed by atoms with Crippen LogP contribution in [0, 0.1) is 5.92 Å². The largest absolute Gasteiger partial charge is 0.330 e. The van der Waals surface area contributed by atoms with Gasteiger partial charge >= 0.3 is 0 Å². The highest BCUT2D eigenvalue weighted by atomic mass is 35.5. The zero-order chi connectivity index (χ0) is 11.7. The van der Waals surface area contributed by atoms with Crippen LogP contribution in [0.15, 0.2) is 24.3 Å². The molecule has 18 heavy (non-hydrogen) atoms. The van der Waals surface area contributed by atoms with Crippen molar-refractivity contribution in [1.29, 1.82) is 0 Å². The summed E-state index contributed by atoms with van der Waals surface area (Å²) >= 11 is 0. The summed E-state index contributed by atoms with van der Waals surface area (Å²) in [5.41, 5.74) is 8.77. The Balaban J connectivity index is 0.00000120. The average molecular weight is 267 g/mol. The van der Waals surface area contributed by atoms with E-state index in [1.54, 1.807) is 5.56 Å². The fourth-order valence-electron chi connectivity index (χ4n) is 2.87. The second-order valence-electron chi connectivity index (χ2n) is 5.64. The van der Waals surface area contributed by atoms with Crippen LogP contribution in [0.4, 0.5) is 0 Å². The van der Waals surface area contributed by atoms with Gasteiger partial charge in [-0.25, -0.2) is 0 Å². The second kappa shape index (κ2) is 6.05. The van der Waals surface area contributed by atoms with Gasteiger partial charge in [-0.2, -0.15) is 0 Å². The van der Waals surface area contributed by atoms with Gasteiger partial charge < -0.3 is 5.73 Å². The molecule has 3 heteroatoms. The molecule has 2 nitrogen and oxygen atoms in total. The van der Waals surface area contributed by atoms with E-state index in [1.165, 1.54) is 37.9 Å². The summed E-state index contributed by atoms with van der Waals surface area (Å²) in [6, 6.07) is 9.18. The third kappa shape index (κ3) is 3.25. The van der Waals surface area contributed by atoms with E-state index in [0.29, 0.717) is 0 Å². The molecule has 1 atom stereocenters. The Morgan fingerprint density at radius 2 is 2.06 bits per heavy atom. The lowest BCUT2D eigenvalue weighted by atomic mass is 10.1. The van der Waals surface area contributed by atoms with Crippen molar-refractivity contribution >= 4 is 12.4 Å². The Labute approximate surface area is 116 Å². The first kappa shape index (κ1) is 13.9. The van der Waals surface area contributed by atoms with Crippen molar-refractivity contribution in [2.75, 3.05) is 19.6 Å². The maximum absolute atomic E-state index is 5.73. The summed E-state index contributed by atoms with van der Waals surface area (Å²) in [6.45, 7) is 4.36. The first-order chi connectivity index (χ1) is 8.35. The molecule has 2 aliphatic rings. The normalized spacial score (nSPS) is 23.9. The molecule has 0 aromatic heterocycles. The minimum atomic E-state index is 0. The topological polar surface area (TPSA) is 29.3 Å². The summed E-state index contributed by atoms with van der Waals surface area (Å²) in [6.07, 6.45) is 4.06. The lowest BCUT2D eigenvalue weighted by Gasteiger charge is -2.16. The molecule has 0 radical (unpaired) electrons. The van der Waals surface area contributed by atoms with Crippen LogP contribution in [0.2, 0.25) is 0 Å². The number of nitrogens with zero attached hydrogens (tertiary/aromatic N) is 1. The monoisotopic (exact) mass is 266 g/mol. The van der Waals surface area contributed by atoms with Gasteiger partial charge in [-0.3, -0.25) is 4.90 Å². The number of hydrogen-bond acceptors (Lipinski definition) is 2. The van der Waals surface area contributed by atoms with E-state index >= 15 is 0 Å². The van der Waals surface area contributed by atoms with Gasteiger partial charge in [0.2, 0.25) is 0 Å². The summed E-state index contributed by atoms with van der Waals surface area (Å²) in [5, 5.41) is 0. The van der Waals surface area contributed by atoms with Crippen molar-refractivity contribution in [3.8, 4) is 0 Å². The van der Waals surface area contributed by atoms with E-state index in [4.69, 9.17) is 5.73 Å². The number of hydrogen-bond donors (Lipinski definition) is 1. The summed E-state index contributed by atoms with van der Waals surface area (Å²) in [7, 11) is 0. The highest BCUT2D eigenvalue weighted by molar-refractivity contribution is 5.85. The van der Waals surface area contributed by atoms with Crippen molar-refractivity contribution in [2.45, 2.75) is 31.7 Å².